The number of rotatable bonds is 10. The van der Waals surface area contributed by atoms with Crippen molar-refractivity contribution in [1.29, 1.82) is 0 Å². The van der Waals surface area contributed by atoms with Gasteiger partial charge in [-0.3, -0.25) is 14.3 Å². The van der Waals surface area contributed by atoms with E-state index < -0.39 is 44.1 Å². The van der Waals surface area contributed by atoms with Gasteiger partial charge in [-0.15, -0.1) is 5.10 Å². The van der Waals surface area contributed by atoms with Crippen LogP contribution >= 0.6 is 0 Å². The zero-order chi connectivity index (χ0) is 46.6. The zero-order valence-corrected chi connectivity index (χ0v) is 42.1. The third-order valence-electron chi connectivity index (χ3n) is 20.0. The van der Waals surface area contributed by atoms with Crippen LogP contribution in [0.25, 0.3) is 0 Å². The van der Waals surface area contributed by atoms with E-state index in [1.165, 1.54) is 61.3 Å². The first-order valence-corrected chi connectivity index (χ1v) is 27.3. The van der Waals surface area contributed by atoms with E-state index in [1.54, 1.807) is 17.8 Å². The van der Waals surface area contributed by atoms with Gasteiger partial charge < -0.3 is 23.7 Å². The van der Waals surface area contributed by atoms with Crippen LogP contribution in [0.1, 0.15) is 156 Å². The van der Waals surface area contributed by atoms with Gasteiger partial charge in [0.15, 0.2) is 8.32 Å². The van der Waals surface area contributed by atoms with Crippen molar-refractivity contribution in [3.8, 4) is 0 Å². The molecule has 356 valence electrons. The van der Waals surface area contributed by atoms with Crippen molar-refractivity contribution in [3.05, 3.63) is 56.6 Å². The lowest BCUT2D eigenvalue weighted by molar-refractivity contribution is -0.249. The molecule has 3 heterocycles. The Morgan fingerprint density at radius 3 is 2.41 bits per heavy atom. The number of aliphatic hydroxyl groups excluding tert-OH is 1. The number of nitrogens with one attached hydrogen (secondary N) is 1. The van der Waals surface area contributed by atoms with Crippen molar-refractivity contribution in [3.63, 3.8) is 0 Å². The fourth-order valence-corrected chi connectivity index (χ4v) is 16.3. The average molecular weight is 906 g/mol. The van der Waals surface area contributed by atoms with E-state index in [0.29, 0.717) is 47.3 Å². The van der Waals surface area contributed by atoms with Gasteiger partial charge in [0, 0.05) is 30.2 Å². The molecular formula is C50H79N5O8Si. The maximum absolute atomic E-state index is 13.5. The molecule has 0 radical (unpaired) electrons. The van der Waals surface area contributed by atoms with Gasteiger partial charge in [0.25, 0.3) is 5.56 Å². The summed E-state index contributed by atoms with van der Waals surface area (Å²) in [6.45, 7) is 33.6. The summed E-state index contributed by atoms with van der Waals surface area (Å²) >= 11 is 0. The Balaban J connectivity index is 0.922. The van der Waals surface area contributed by atoms with E-state index in [0.717, 1.165) is 25.9 Å². The summed E-state index contributed by atoms with van der Waals surface area (Å²) < 4.78 is 28.0. The summed E-state index contributed by atoms with van der Waals surface area (Å²) in [7, 11) is -1.90. The normalized spacial score (nSPS) is 39.3. The van der Waals surface area contributed by atoms with Crippen molar-refractivity contribution in [1.82, 2.24) is 24.5 Å². The summed E-state index contributed by atoms with van der Waals surface area (Å²) in [4.78, 5) is 40.2. The highest BCUT2D eigenvalue weighted by Crippen LogP contribution is 2.77. The first-order valence-electron chi connectivity index (χ1n) is 24.4. The number of allylic oxidation sites excluding steroid dienone is 1. The topological polar surface area (TPSA) is 160 Å². The smallest absolute Gasteiger partial charge is 0.430 e. The molecule has 6 aliphatic rings. The lowest BCUT2D eigenvalue weighted by Crippen LogP contribution is -2.67. The maximum Gasteiger partial charge on any atom is 0.508 e. The number of hydrogen-bond donors (Lipinski definition) is 2. The van der Waals surface area contributed by atoms with Crippen LogP contribution in [0.5, 0.6) is 0 Å². The number of aromatic nitrogens is 5. The molecule has 0 aromatic carbocycles. The highest BCUT2D eigenvalue weighted by molar-refractivity contribution is 6.74. The number of fused-ring (bicyclic) bond motifs is 7. The number of carbonyl (C=O) groups excluding carboxylic acids is 1. The van der Waals surface area contributed by atoms with Gasteiger partial charge in [0.05, 0.1) is 18.8 Å². The van der Waals surface area contributed by atoms with Gasteiger partial charge in [-0.1, -0.05) is 72.8 Å². The molecule has 6 fully saturated rings. The van der Waals surface area contributed by atoms with Gasteiger partial charge in [0.1, 0.15) is 30.7 Å². The molecule has 5 saturated carbocycles. The summed E-state index contributed by atoms with van der Waals surface area (Å²) in [6, 6.07) is -0.440. The molecule has 0 amide bonds. The van der Waals surface area contributed by atoms with E-state index >= 15 is 0 Å². The lowest BCUT2D eigenvalue weighted by Gasteiger charge is -2.73. The van der Waals surface area contributed by atoms with Crippen LogP contribution in [0.4, 0.5) is 4.79 Å². The van der Waals surface area contributed by atoms with Crippen LogP contribution in [0.3, 0.4) is 0 Å². The molecule has 13 nitrogen and oxygen atoms in total. The summed E-state index contributed by atoms with van der Waals surface area (Å²) in [6.07, 6.45) is 12.8. The van der Waals surface area contributed by atoms with E-state index in [-0.39, 0.29) is 51.4 Å². The van der Waals surface area contributed by atoms with Crippen LogP contribution in [0, 0.1) is 63.6 Å². The summed E-state index contributed by atoms with van der Waals surface area (Å²) in [5.41, 5.74) is 1.73. The molecule has 2 N–H and O–H groups in total. The molecule has 13 atom stereocenters. The van der Waals surface area contributed by atoms with E-state index in [2.05, 4.69) is 97.3 Å². The number of ether oxygens (including phenoxy) is 3. The molecule has 5 aliphatic carbocycles. The molecule has 14 heteroatoms. The van der Waals surface area contributed by atoms with Crippen molar-refractivity contribution < 1.29 is 28.5 Å². The number of aliphatic hydroxyl groups is 1. The Morgan fingerprint density at radius 2 is 1.72 bits per heavy atom. The molecule has 1 aliphatic heterocycles. The first kappa shape index (κ1) is 47.4. The Bertz CT molecular complexity index is 2230. The molecule has 64 heavy (non-hydrogen) atoms. The number of carbonyl (C=O) groups is 1. The lowest BCUT2D eigenvalue weighted by atomic mass is 9.32. The van der Waals surface area contributed by atoms with Gasteiger partial charge in [0.2, 0.25) is 0 Å². The van der Waals surface area contributed by atoms with Crippen LogP contribution in [0.2, 0.25) is 18.1 Å². The summed E-state index contributed by atoms with van der Waals surface area (Å²) in [5, 5.41) is 18.8. The van der Waals surface area contributed by atoms with Crippen LogP contribution < -0.4 is 11.2 Å². The number of aromatic amines is 1. The molecule has 0 spiro atoms. The average Bonchev–Trinajstić information content (AvgIpc) is 3.96. The van der Waals surface area contributed by atoms with Gasteiger partial charge >= 0.3 is 11.8 Å². The number of nitrogens with zero attached hydrogens (tertiary/aromatic N) is 4. The van der Waals surface area contributed by atoms with Crippen molar-refractivity contribution in [2.75, 3.05) is 13.2 Å². The first-order chi connectivity index (χ1) is 29.8. The van der Waals surface area contributed by atoms with Gasteiger partial charge in [-0.25, -0.2) is 14.3 Å². The molecule has 2 aromatic rings. The second-order valence-electron chi connectivity index (χ2n) is 24.4. The third-order valence-corrected chi connectivity index (χ3v) is 24.5. The fourth-order valence-electron chi connectivity index (χ4n) is 15.2. The van der Waals surface area contributed by atoms with Crippen molar-refractivity contribution in [2.45, 2.75) is 189 Å². The molecule has 1 saturated heterocycles. The molecule has 0 bridgehead atoms. The molecule has 8 rings (SSSR count). The quantitative estimate of drug-likeness (QED) is 0.134. The Labute approximate surface area is 382 Å². The minimum absolute atomic E-state index is 0.121. The van der Waals surface area contributed by atoms with Crippen molar-refractivity contribution >= 4 is 14.5 Å². The highest BCUT2D eigenvalue weighted by atomic mass is 28.4. The fraction of sp³-hybridized carbons (Fsp3) is 0.820. The van der Waals surface area contributed by atoms with E-state index in [1.807, 2.05) is 0 Å². The SMILES string of the molecule is C=C(C)[C@@H]1CC[C@]2(CO[Si](C)(C)C(C)(C)C)CC[C@]3(C)[C@H](CC[C@@H]4[C@@]5(C)CC[C@H](OC(=O)OCc6cn([C@H]7C[C@H](n8cc(C)c(=O)[nH]c8=O)O[C@@H]7CO)nn6)C(C)(C)[C@@H]5CC[C@]43C)[C@@H]12. The second-order valence-corrected chi connectivity index (χ2v) is 29.2. The van der Waals surface area contributed by atoms with Crippen LogP contribution in [0.15, 0.2) is 34.1 Å². The largest absolute Gasteiger partial charge is 0.508 e. The van der Waals surface area contributed by atoms with Crippen LogP contribution in [-0.4, -0.2) is 69.5 Å². The minimum atomic E-state index is -1.90. The second kappa shape index (κ2) is 16.3. The van der Waals surface area contributed by atoms with E-state index in [4.69, 9.17) is 18.6 Å². The number of aryl methyl sites for hydroxylation is 1. The zero-order valence-electron chi connectivity index (χ0n) is 41.1. The monoisotopic (exact) mass is 906 g/mol. The third kappa shape index (κ3) is 7.54. The number of hydrogen-bond acceptors (Lipinski definition) is 10. The molecular weight excluding hydrogens is 827 g/mol. The predicted octanol–water partition coefficient (Wildman–Crippen LogP) is 9.66. The molecule has 2 aromatic heterocycles. The Kier molecular flexibility index (Phi) is 12.1. The minimum Gasteiger partial charge on any atom is -0.430 e. The number of H-pyrrole nitrogens is 1. The van der Waals surface area contributed by atoms with Crippen molar-refractivity contribution in [2.24, 2.45) is 56.7 Å². The van der Waals surface area contributed by atoms with Gasteiger partial charge in [-0.2, -0.15) is 0 Å². The van der Waals surface area contributed by atoms with E-state index in [9.17, 15) is 19.5 Å². The summed E-state index contributed by atoms with van der Waals surface area (Å²) in [5.74, 6) is 2.87. The van der Waals surface area contributed by atoms with Crippen LogP contribution in [-0.2, 0) is 25.2 Å². The maximum atomic E-state index is 13.5. The highest BCUT2D eigenvalue weighted by Gasteiger charge is 2.71. The predicted molar refractivity (Wildman–Crippen MR) is 248 cm³/mol. The molecule has 0 unspecified atom stereocenters. The standard InChI is InChI=1S/C50H79N5O8Si/c1-30(2)33-16-21-50(29-61-64(12,13)45(4,5)6)23-22-48(10)34(41(33)50)14-15-38-47(9)19-18-39(46(7,8)37(47)17-20-49(38,48)11)63-44(59)60-28-32-26-55(53-52-32)35-24-40(62-36(35)27-56)54-25-31(3)42(57)51-43(54)58/h25-26,33-41,56H,1,14-24,27-29H2,2-13H3,(H,51,57,58)/t33-,34+,35-,36+,37-,38+,39-,40+,41+,47-,48+,49+,50+/m0/s1. The Morgan fingerprint density at radius 1 is 0.984 bits per heavy atom. The van der Waals surface area contributed by atoms with Gasteiger partial charge in [-0.05, 0) is 147 Å². The Hall–Kier alpha value is -3.07.